The summed E-state index contributed by atoms with van der Waals surface area (Å²) in [6, 6.07) is 45.2. The van der Waals surface area contributed by atoms with Gasteiger partial charge in [-0.25, -0.2) is 9.97 Å². The Bertz CT molecular complexity index is 4340. The van der Waals surface area contributed by atoms with Gasteiger partial charge < -0.3 is 43.3 Å². The summed E-state index contributed by atoms with van der Waals surface area (Å²) in [6.45, 7) is 21.8. The summed E-state index contributed by atoms with van der Waals surface area (Å²) in [5.41, 5.74) is 28.5. The number of rotatable bonds is 18. The van der Waals surface area contributed by atoms with E-state index in [0.717, 1.165) is 181 Å². The van der Waals surface area contributed by atoms with E-state index in [9.17, 15) is 0 Å². The molecule has 0 saturated carbocycles. The van der Waals surface area contributed by atoms with Crippen LogP contribution in [0.3, 0.4) is 0 Å². The Morgan fingerprint density at radius 2 is 0.813 bits per heavy atom. The van der Waals surface area contributed by atoms with Gasteiger partial charge in [0.25, 0.3) is 0 Å². The molecule has 11 rings (SSSR count). The summed E-state index contributed by atoms with van der Waals surface area (Å²) in [7, 11) is 9.86. The molecule has 6 aromatic carbocycles. The van der Waals surface area contributed by atoms with E-state index in [2.05, 4.69) is 189 Å². The first kappa shape index (κ1) is 64.6. The molecule has 91 heavy (non-hydrogen) atoms. The van der Waals surface area contributed by atoms with Gasteiger partial charge in [0, 0.05) is 17.1 Å². The predicted molar refractivity (Wildman–Crippen MR) is 369 cm³/mol. The molecule has 0 saturated heterocycles. The fourth-order valence-corrected chi connectivity index (χ4v) is 13.0. The summed E-state index contributed by atoms with van der Waals surface area (Å²) in [5.74, 6) is 3.12. The third kappa shape index (κ3) is 12.0. The van der Waals surface area contributed by atoms with E-state index < -0.39 is 0 Å². The van der Waals surface area contributed by atoms with Crippen molar-refractivity contribution in [1.29, 1.82) is 0 Å². The molecule has 2 aliphatic heterocycles. The van der Waals surface area contributed by atoms with E-state index in [-0.39, 0.29) is 0 Å². The number of ether oxygens (including phenoxy) is 6. The van der Waals surface area contributed by atoms with Crippen LogP contribution in [0.1, 0.15) is 122 Å². The number of aromatic nitrogens is 4. The average molecular weight is 1250 g/mol. The SMILES string of the molecule is CCC1=C(C)c2nc1cc1[n-]c(c(C)c1CC)c(-c1cc(OC)c(OC)c(OC)c1)c1nc(c(-c3ccc(/C=C/c4ccc(N(c5ccc(C)cc5)c5ccc(C)cc5)cc4)cc3)c3[n-]c(c(C)c3CC)c2-c2cc(OC)c(OC)c(OC)c2)C(CC)=C1C.[O]=[V+2]. The predicted octanol–water partition coefficient (Wildman–Crippen LogP) is 19.2. The number of nitrogens with zero attached hydrogens (tertiary/aromatic N) is 5. The zero-order valence-electron chi connectivity index (χ0n) is 55.1. The standard InChI is InChI=1S/C78H79N5O6.O.V/c1-17-58-46(7)71-69(53-39-64(84-11)77(88-15)65(40-53)85-12)73-48(9)60(19-3)75(81-73)68(52-31-27-50(28-32-52)25-26-51-29-37-57(38-30-51)83(55-33-21-44(5)22-34-55)56-35-23-45(6)24-36-56)76-61(20-4)49(10)74(82-76)70(54-41-66(86-13)78(89-16)67(42-54)87-14)72-47(8)59(18-2)63(80-72)43-62(58)79-71;;/h21-43H,17-20H2,1-16H3;;/q-2;;+2/b26-25+,62-43?,63-43?,71-69?,72-70?,73-69?,74-70?,75-68?,76-68?;;. The number of benzene rings is 6. The van der Waals surface area contributed by atoms with Crippen LogP contribution in [-0.2, 0) is 33.9 Å². The molecular weight excluding hydrogens is 1170 g/mol. The molecule has 2 aliphatic rings. The van der Waals surface area contributed by atoms with Gasteiger partial charge in [-0.1, -0.05) is 140 Å². The van der Waals surface area contributed by atoms with E-state index in [1.54, 1.807) is 42.7 Å². The van der Waals surface area contributed by atoms with Crippen molar-refractivity contribution < 1.29 is 49.5 Å². The number of hydrogen-bond donors (Lipinski definition) is 0. The summed E-state index contributed by atoms with van der Waals surface area (Å²) >= 11 is 1.06. The fraction of sp³-hybridized carbons (Fsp3) is 0.256. The van der Waals surface area contributed by atoms with Crippen LogP contribution < -0.4 is 43.3 Å². The maximum atomic E-state index is 8.19. The number of methoxy groups -OCH3 is 6. The van der Waals surface area contributed by atoms with Crippen molar-refractivity contribution in [1.82, 2.24) is 19.9 Å². The van der Waals surface area contributed by atoms with E-state index in [0.29, 0.717) is 47.3 Å². The Balaban J connectivity index is 0.00000450. The maximum absolute atomic E-state index is 8.19. The van der Waals surface area contributed by atoms with Crippen molar-refractivity contribution in [3.63, 3.8) is 0 Å². The van der Waals surface area contributed by atoms with Crippen LogP contribution in [0, 0.1) is 27.7 Å². The zero-order chi connectivity index (χ0) is 64.9. The second kappa shape index (κ2) is 27.8. The first-order chi connectivity index (χ1) is 44.1. The first-order valence-electron chi connectivity index (χ1n) is 30.9. The van der Waals surface area contributed by atoms with Gasteiger partial charge in [-0.05, 0) is 195 Å². The second-order valence-corrected chi connectivity index (χ2v) is 22.8. The summed E-state index contributed by atoms with van der Waals surface area (Å²) < 4.78 is 44.3. The molecule has 3 aromatic heterocycles. The molecule has 0 radical (unpaired) electrons. The Hall–Kier alpha value is -9.36. The third-order valence-corrected chi connectivity index (χ3v) is 17.8. The van der Waals surface area contributed by atoms with E-state index >= 15 is 0 Å². The quantitative estimate of drug-likeness (QED) is 0.0758. The normalized spacial score (nSPS) is 12.1. The van der Waals surface area contributed by atoms with Crippen LogP contribution in [0.2, 0.25) is 0 Å². The summed E-state index contributed by atoms with van der Waals surface area (Å²) in [5, 5.41) is 0. The molecule has 13 heteroatoms. The molecule has 0 N–H and O–H groups in total. The third-order valence-electron chi connectivity index (χ3n) is 17.8. The monoisotopic (exact) mass is 1250 g/mol. The molecule has 0 aliphatic carbocycles. The fourth-order valence-electron chi connectivity index (χ4n) is 13.0. The van der Waals surface area contributed by atoms with Gasteiger partial charge in [-0.3, -0.25) is 0 Å². The van der Waals surface area contributed by atoms with Crippen LogP contribution in [0.5, 0.6) is 34.5 Å². The topological polar surface area (TPSA) is 130 Å². The Morgan fingerprint density at radius 1 is 0.418 bits per heavy atom. The molecular formula is C78H79N5O7V. The van der Waals surface area contributed by atoms with Gasteiger partial charge in [-0.15, -0.1) is 22.1 Å². The Kier molecular flexibility index (Phi) is 19.7. The average Bonchev–Trinajstić information content (AvgIpc) is 1.59. The summed E-state index contributed by atoms with van der Waals surface area (Å²) in [4.78, 5) is 25.6. The van der Waals surface area contributed by atoms with Crippen molar-refractivity contribution in [3.05, 3.63) is 195 Å². The molecule has 463 valence electrons. The van der Waals surface area contributed by atoms with Gasteiger partial charge >= 0.3 is 21.0 Å². The second-order valence-electron chi connectivity index (χ2n) is 22.8. The molecule has 0 atom stereocenters. The zero-order valence-corrected chi connectivity index (χ0v) is 56.5. The van der Waals surface area contributed by atoms with Crippen molar-refractivity contribution in [2.75, 3.05) is 47.6 Å². The Morgan fingerprint density at radius 3 is 1.24 bits per heavy atom. The number of fused-ring (bicyclic) bond motifs is 8. The molecule has 5 heterocycles. The van der Waals surface area contributed by atoms with Gasteiger partial charge in [0.1, 0.15) is 0 Å². The van der Waals surface area contributed by atoms with Gasteiger partial charge in [0.15, 0.2) is 23.0 Å². The molecule has 0 amide bonds. The van der Waals surface area contributed by atoms with Crippen LogP contribution in [-0.4, -0.2) is 52.6 Å². The number of allylic oxidation sites excluding steroid dienone is 4. The van der Waals surface area contributed by atoms with E-state index in [1.165, 1.54) is 11.1 Å². The van der Waals surface area contributed by atoms with Crippen molar-refractivity contribution in [2.45, 2.75) is 94.9 Å². The number of hydrogen-bond acceptors (Lipinski definition) is 10. The van der Waals surface area contributed by atoms with Crippen LogP contribution in [0.4, 0.5) is 17.1 Å². The molecule has 9 aromatic rings. The van der Waals surface area contributed by atoms with Crippen LogP contribution >= 0.6 is 0 Å². The first-order valence-corrected chi connectivity index (χ1v) is 31.5. The molecule has 12 nitrogen and oxygen atoms in total. The van der Waals surface area contributed by atoms with Gasteiger partial charge in [0.2, 0.25) is 11.5 Å². The van der Waals surface area contributed by atoms with Crippen molar-refractivity contribution in [3.8, 4) is 67.9 Å². The van der Waals surface area contributed by atoms with Gasteiger partial charge in [-0.2, -0.15) is 0 Å². The number of anilines is 3. The van der Waals surface area contributed by atoms with Gasteiger partial charge in [0.05, 0.1) is 65.4 Å². The summed E-state index contributed by atoms with van der Waals surface area (Å²) in [6.07, 6.45) is 7.21. The minimum absolute atomic E-state index is 0.500. The molecule has 0 fully saturated rings. The van der Waals surface area contributed by atoms with E-state index in [1.807, 2.05) is 24.3 Å². The molecule has 0 unspecified atom stereocenters. The van der Waals surface area contributed by atoms with Crippen molar-refractivity contribution in [2.24, 2.45) is 0 Å². The van der Waals surface area contributed by atoms with Crippen molar-refractivity contribution >= 4 is 73.6 Å². The molecule has 0 spiro atoms. The van der Waals surface area contributed by atoms with Crippen LogP contribution in [0.25, 0.3) is 89.9 Å². The van der Waals surface area contributed by atoms with Crippen LogP contribution in [0.15, 0.2) is 127 Å². The van der Waals surface area contributed by atoms with E-state index in [4.69, 9.17) is 52.0 Å². The number of aryl methyl sites for hydroxylation is 6. The molecule has 8 bridgehead atoms. The minimum atomic E-state index is 0.500. The Labute approximate surface area is 544 Å².